The molecule has 2 atom stereocenters. The first-order chi connectivity index (χ1) is 3.66. The minimum absolute atomic E-state index is 0.188. The maximum absolute atomic E-state index is 9.69. The quantitative estimate of drug-likeness (QED) is 0.441. The van der Waals surface area contributed by atoms with Gasteiger partial charge < -0.3 is 4.55 Å². The van der Waals surface area contributed by atoms with Gasteiger partial charge in [0.2, 0.25) is 0 Å². The minimum Gasteiger partial charge on any atom is -0.750 e. The van der Waals surface area contributed by atoms with Crippen LogP contribution in [0.5, 0.6) is 0 Å². The third kappa shape index (κ3) is 4.52. The lowest BCUT2D eigenvalue weighted by atomic mass is 10.5. The van der Waals surface area contributed by atoms with Crippen LogP contribution in [-0.2, 0) is 15.5 Å². The summed E-state index contributed by atoms with van der Waals surface area (Å²) in [6.45, 7) is 1.57. The van der Waals surface area contributed by atoms with Crippen molar-refractivity contribution in [2.45, 2.75) is 13.0 Å². The number of halogens is 1. The summed E-state index contributed by atoms with van der Waals surface area (Å²) in [6.07, 6.45) is -0.421. The highest BCUT2D eigenvalue weighted by molar-refractivity contribution is 7.74. The summed E-state index contributed by atoms with van der Waals surface area (Å²) in [7, 11) is 0. The van der Waals surface area contributed by atoms with Crippen LogP contribution < -0.4 is 0 Å². The van der Waals surface area contributed by atoms with Gasteiger partial charge in [-0.15, -0.1) is 11.6 Å². The molecule has 0 aromatic rings. The molecule has 5 heteroatoms. The van der Waals surface area contributed by atoms with Crippen LogP contribution in [0.3, 0.4) is 0 Å². The lowest BCUT2D eigenvalue weighted by molar-refractivity contribution is 0.240. The van der Waals surface area contributed by atoms with E-state index in [9.17, 15) is 8.76 Å². The fourth-order valence-corrected chi connectivity index (χ4v) is 0.634. The second-order valence-electron chi connectivity index (χ2n) is 1.27. The van der Waals surface area contributed by atoms with Gasteiger partial charge in [0.15, 0.2) is 0 Å². The van der Waals surface area contributed by atoms with Crippen LogP contribution in [0.1, 0.15) is 6.92 Å². The van der Waals surface area contributed by atoms with Crippen LogP contribution >= 0.6 is 11.6 Å². The van der Waals surface area contributed by atoms with E-state index in [0.29, 0.717) is 0 Å². The zero-order valence-corrected chi connectivity index (χ0v) is 5.87. The molecule has 8 heavy (non-hydrogen) atoms. The molecule has 0 aliphatic heterocycles. The maximum atomic E-state index is 9.69. The van der Waals surface area contributed by atoms with E-state index in [1.165, 1.54) is 0 Å². The van der Waals surface area contributed by atoms with Crippen LogP contribution in [0.25, 0.3) is 0 Å². The second-order valence-corrected chi connectivity index (χ2v) is 2.17. The molecule has 0 N–H and O–H groups in total. The van der Waals surface area contributed by atoms with Gasteiger partial charge >= 0.3 is 0 Å². The van der Waals surface area contributed by atoms with E-state index >= 15 is 0 Å². The highest BCUT2D eigenvalue weighted by Crippen LogP contribution is 1.94. The summed E-state index contributed by atoms with van der Waals surface area (Å²) in [6, 6.07) is 0. The van der Waals surface area contributed by atoms with Crippen LogP contribution in [0, 0.1) is 0 Å². The normalized spacial score (nSPS) is 17.9. The number of hydrogen-bond donors (Lipinski definition) is 0. The molecule has 0 aromatic heterocycles. The molecule has 3 nitrogen and oxygen atoms in total. The summed E-state index contributed by atoms with van der Waals surface area (Å²) in [5.74, 6) is 0.188. The van der Waals surface area contributed by atoms with Crippen molar-refractivity contribution in [3.8, 4) is 0 Å². The van der Waals surface area contributed by atoms with E-state index in [1.54, 1.807) is 6.92 Å². The van der Waals surface area contributed by atoms with Gasteiger partial charge in [-0.25, -0.2) is 4.21 Å². The van der Waals surface area contributed by atoms with Crippen LogP contribution in [0.4, 0.5) is 0 Å². The summed E-state index contributed by atoms with van der Waals surface area (Å²) < 4.78 is 23.6. The Bertz CT molecular complexity index is 86.6. The monoisotopic (exact) mass is 157 g/mol. The van der Waals surface area contributed by atoms with Gasteiger partial charge in [0, 0.05) is 5.88 Å². The van der Waals surface area contributed by atoms with Gasteiger partial charge in [-0.3, -0.25) is 4.18 Å². The van der Waals surface area contributed by atoms with Crippen molar-refractivity contribution in [3.05, 3.63) is 0 Å². The Hall–Kier alpha value is 0.360. The predicted molar refractivity (Wildman–Crippen MR) is 30.2 cm³/mol. The third-order valence-corrected chi connectivity index (χ3v) is 1.38. The molecule has 0 amide bonds. The molecule has 0 fully saturated rings. The highest BCUT2D eigenvalue weighted by Gasteiger charge is 1.96. The average Bonchev–Trinajstić information content (AvgIpc) is 1.65. The molecule has 0 saturated heterocycles. The molecule has 0 aliphatic carbocycles. The van der Waals surface area contributed by atoms with Gasteiger partial charge in [-0.05, 0) is 6.92 Å². The summed E-state index contributed by atoms with van der Waals surface area (Å²) in [4.78, 5) is 0. The van der Waals surface area contributed by atoms with Crippen molar-refractivity contribution < 1.29 is 12.9 Å². The summed E-state index contributed by atoms with van der Waals surface area (Å²) >= 11 is 2.77. The van der Waals surface area contributed by atoms with Crippen molar-refractivity contribution in [1.82, 2.24) is 0 Å². The summed E-state index contributed by atoms with van der Waals surface area (Å²) in [5.41, 5.74) is 0. The van der Waals surface area contributed by atoms with Gasteiger partial charge in [0.25, 0.3) is 0 Å². The largest absolute Gasteiger partial charge is 0.750 e. The van der Waals surface area contributed by atoms with E-state index in [-0.39, 0.29) is 5.88 Å². The molecule has 0 radical (unpaired) electrons. The van der Waals surface area contributed by atoms with Gasteiger partial charge in [-0.1, -0.05) is 0 Å². The SMILES string of the molecule is CC(CCl)OS(=O)[O-]. The molecule has 0 rings (SSSR count). The first kappa shape index (κ1) is 8.36. The minimum atomic E-state index is -2.43. The van der Waals surface area contributed by atoms with Gasteiger partial charge in [0.1, 0.15) is 0 Å². The zero-order valence-electron chi connectivity index (χ0n) is 4.30. The van der Waals surface area contributed by atoms with Crippen molar-refractivity contribution in [2.75, 3.05) is 5.88 Å². The van der Waals surface area contributed by atoms with Crippen molar-refractivity contribution in [2.24, 2.45) is 0 Å². The van der Waals surface area contributed by atoms with E-state index in [1.807, 2.05) is 0 Å². The van der Waals surface area contributed by atoms with Crippen molar-refractivity contribution in [1.29, 1.82) is 0 Å². The van der Waals surface area contributed by atoms with E-state index in [2.05, 4.69) is 4.18 Å². The average molecular weight is 158 g/mol. The molecular formula is C3H6ClO3S-. The van der Waals surface area contributed by atoms with Crippen LogP contribution in [0.2, 0.25) is 0 Å². The van der Waals surface area contributed by atoms with Crippen LogP contribution in [0.15, 0.2) is 0 Å². The highest BCUT2D eigenvalue weighted by atomic mass is 35.5. The Balaban J connectivity index is 3.24. The summed E-state index contributed by atoms with van der Waals surface area (Å²) in [5, 5.41) is 0. The fraction of sp³-hybridized carbons (Fsp3) is 1.00. The van der Waals surface area contributed by atoms with E-state index in [0.717, 1.165) is 0 Å². The molecule has 0 aliphatic rings. The molecule has 0 spiro atoms. The van der Waals surface area contributed by atoms with E-state index < -0.39 is 17.5 Å². The first-order valence-corrected chi connectivity index (χ1v) is 3.52. The van der Waals surface area contributed by atoms with E-state index in [4.69, 9.17) is 11.6 Å². The first-order valence-electron chi connectivity index (χ1n) is 1.99. The Morgan fingerprint density at radius 2 is 2.50 bits per heavy atom. The van der Waals surface area contributed by atoms with Crippen molar-refractivity contribution >= 4 is 23.0 Å². The molecule has 0 heterocycles. The molecule has 2 unspecified atom stereocenters. The fourth-order valence-electron chi connectivity index (χ4n) is 0.160. The topological polar surface area (TPSA) is 49.4 Å². The number of alkyl halides is 1. The lowest BCUT2D eigenvalue weighted by Crippen LogP contribution is -2.10. The third-order valence-electron chi connectivity index (χ3n) is 0.460. The standard InChI is InChI=1S/C3H7ClO3S/c1-3(2-4)7-8(5)6/h3H,2H2,1H3,(H,5,6)/p-1. The Kier molecular flexibility index (Phi) is 4.45. The molecule has 50 valence electrons. The van der Waals surface area contributed by atoms with Gasteiger partial charge in [-0.2, -0.15) is 0 Å². The predicted octanol–water partition coefficient (Wildman–Crippen LogP) is 0.424. The molecule has 0 saturated carbocycles. The maximum Gasteiger partial charge on any atom is 0.0845 e. The number of hydrogen-bond acceptors (Lipinski definition) is 3. The lowest BCUT2D eigenvalue weighted by Gasteiger charge is -2.09. The molecular weight excluding hydrogens is 152 g/mol. The molecule has 0 bridgehead atoms. The smallest absolute Gasteiger partial charge is 0.0845 e. The Morgan fingerprint density at radius 1 is 2.00 bits per heavy atom. The van der Waals surface area contributed by atoms with Crippen molar-refractivity contribution in [3.63, 3.8) is 0 Å². The Morgan fingerprint density at radius 3 is 2.62 bits per heavy atom. The molecule has 0 aromatic carbocycles. The zero-order chi connectivity index (χ0) is 6.57. The number of rotatable bonds is 3. The van der Waals surface area contributed by atoms with Crippen LogP contribution in [-0.4, -0.2) is 20.7 Å². The second kappa shape index (κ2) is 4.26. The van der Waals surface area contributed by atoms with Gasteiger partial charge in [0.05, 0.1) is 17.5 Å². The Labute approximate surface area is 55.5 Å².